The molecule has 0 radical (unpaired) electrons. The first-order chi connectivity index (χ1) is 20.0. The number of para-hydroxylation sites is 1. The van der Waals surface area contributed by atoms with Crippen LogP contribution >= 0.6 is 0 Å². The number of carbonyl (C=O) groups excluding carboxylic acids is 2. The van der Waals surface area contributed by atoms with Crippen LogP contribution in [-0.2, 0) is 19.2 Å². The third kappa shape index (κ3) is 9.99. The van der Waals surface area contributed by atoms with Gasteiger partial charge in [-0.3, -0.25) is 48.6 Å². The van der Waals surface area contributed by atoms with Gasteiger partial charge in [0.1, 0.15) is 0 Å². The maximum absolute atomic E-state index is 13.2. The smallest absolute Gasteiger partial charge is 0.317 e. The Hall–Kier alpha value is -4.24. The van der Waals surface area contributed by atoms with Crippen molar-refractivity contribution in [3.05, 3.63) is 48.7 Å². The molecule has 0 aliphatic carbocycles. The zero-order valence-corrected chi connectivity index (χ0v) is 23.3. The molecule has 3 rings (SSSR count). The van der Waals surface area contributed by atoms with Crippen molar-refractivity contribution in [1.29, 1.82) is 0 Å². The maximum Gasteiger partial charge on any atom is 0.317 e. The average Bonchev–Trinajstić information content (AvgIpc) is 2.93. The van der Waals surface area contributed by atoms with E-state index in [0.29, 0.717) is 48.3 Å². The second kappa shape index (κ2) is 15.7. The second-order valence-electron chi connectivity index (χ2n) is 9.96. The lowest BCUT2D eigenvalue weighted by molar-refractivity contribution is -0.140. The Morgan fingerprint density at radius 3 is 1.62 bits per heavy atom. The number of carboxylic acids is 3. The average molecular weight is 585 g/mol. The Kier molecular flexibility index (Phi) is 12.0. The normalized spacial score (nSPS) is 16.7. The minimum Gasteiger partial charge on any atom is -0.480 e. The van der Waals surface area contributed by atoms with E-state index in [0.717, 1.165) is 0 Å². The number of hydrogen-bond donors (Lipinski definition) is 4. The topological polar surface area (TPSA) is 184 Å². The van der Waals surface area contributed by atoms with Crippen LogP contribution in [0.4, 0.5) is 5.69 Å². The number of pyridine rings is 1. The molecule has 1 saturated heterocycles. The lowest BCUT2D eigenvalue weighted by atomic mass is 10.0. The summed E-state index contributed by atoms with van der Waals surface area (Å²) in [5.74, 6) is -3.71. The van der Waals surface area contributed by atoms with Crippen LogP contribution in [0.1, 0.15) is 10.4 Å². The molecule has 1 aromatic carbocycles. The predicted octanol–water partition coefficient (Wildman–Crippen LogP) is 0.0174. The van der Waals surface area contributed by atoms with Crippen LogP contribution in [0, 0.1) is 0 Å². The standard InChI is InChI=1S/C28H36N6O8/c1-2-23(35)20-6-7-29-28-21(20)4-3-5-22(28)30-24(36)16-31-8-10-32(17-25(37)38)12-14-34(19-27(41)42)15-13-33(11-9-31)18-26(39)40/h2-7H,1,8-19H2,(H,30,36)(H,37,38)(H,39,40)(H,41,42). The molecule has 2 heterocycles. The minimum absolute atomic E-state index is 0.0609. The van der Waals surface area contributed by atoms with Crippen molar-refractivity contribution in [2.75, 3.05) is 83.9 Å². The summed E-state index contributed by atoms with van der Waals surface area (Å²) in [5.41, 5.74) is 1.27. The number of amides is 1. The first kappa shape index (κ1) is 32.3. The number of carboxylic acid groups (broad SMARTS) is 3. The second-order valence-corrected chi connectivity index (χ2v) is 9.96. The van der Waals surface area contributed by atoms with Gasteiger partial charge in [0.2, 0.25) is 5.91 Å². The van der Waals surface area contributed by atoms with Crippen molar-refractivity contribution >= 4 is 46.2 Å². The third-order valence-electron chi connectivity index (χ3n) is 6.87. The van der Waals surface area contributed by atoms with E-state index < -0.39 is 17.9 Å². The summed E-state index contributed by atoms with van der Waals surface area (Å²) in [5, 5.41) is 31.5. The molecule has 1 aliphatic rings. The largest absolute Gasteiger partial charge is 0.480 e. The highest BCUT2D eigenvalue weighted by atomic mass is 16.4. The lowest BCUT2D eigenvalue weighted by Gasteiger charge is -2.32. The van der Waals surface area contributed by atoms with E-state index in [1.165, 1.54) is 12.3 Å². The van der Waals surface area contributed by atoms with Crippen LogP contribution in [0.2, 0.25) is 0 Å². The van der Waals surface area contributed by atoms with Gasteiger partial charge in [-0.25, -0.2) is 0 Å². The van der Waals surface area contributed by atoms with Crippen molar-refractivity contribution in [2.24, 2.45) is 0 Å². The zero-order valence-electron chi connectivity index (χ0n) is 23.3. The van der Waals surface area contributed by atoms with Gasteiger partial charge < -0.3 is 20.6 Å². The first-order valence-electron chi connectivity index (χ1n) is 13.4. The van der Waals surface area contributed by atoms with E-state index >= 15 is 0 Å². The van der Waals surface area contributed by atoms with Gasteiger partial charge >= 0.3 is 17.9 Å². The summed E-state index contributed by atoms with van der Waals surface area (Å²) in [6, 6.07) is 6.70. The molecule has 0 bridgehead atoms. The number of allylic oxidation sites excluding steroid dienone is 1. The number of nitrogens with zero attached hydrogens (tertiary/aromatic N) is 5. The van der Waals surface area contributed by atoms with Crippen LogP contribution in [0.25, 0.3) is 10.9 Å². The number of nitrogens with one attached hydrogen (secondary N) is 1. The number of hydrogen-bond acceptors (Lipinski definition) is 10. The summed E-state index contributed by atoms with van der Waals surface area (Å²) in [6.07, 6.45) is 2.69. The molecule has 0 spiro atoms. The molecule has 14 heteroatoms. The summed E-state index contributed by atoms with van der Waals surface area (Å²) in [4.78, 5) is 71.0. The molecule has 1 fully saturated rings. The molecule has 0 unspecified atom stereocenters. The molecular formula is C28H36N6O8. The molecule has 42 heavy (non-hydrogen) atoms. The van der Waals surface area contributed by atoms with Crippen molar-refractivity contribution in [3.63, 3.8) is 0 Å². The van der Waals surface area contributed by atoms with E-state index in [1.54, 1.807) is 39.0 Å². The highest BCUT2D eigenvalue weighted by Crippen LogP contribution is 2.24. The SMILES string of the molecule is C=CC(=O)c1ccnc2c(NC(=O)CN3CCN(CC(=O)O)CCN(CC(=O)O)CCN(CC(=O)O)CC3)cccc12. The van der Waals surface area contributed by atoms with E-state index in [2.05, 4.69) is 16.9 Å². The Morgan fingerprint density at radius 2 is 1.19 bits per heavy atom. The van der Waals surface area contributed by atoms with E-state index in [1.807, 2.05) is 4.90 Å². The molecule has 0 saturated carbocycles. The number of carbonyl (C=O) groups is 5. The molecule has 1 amide bonds. The highest BCUT2D eigenvalue weighted by molar-refractivity contribution is 6.14. The third-order valence-corrected chi connectivity index (χ3v) is 6.87. The molecule has 14 nitrogen and oxygen atoms in total. The van der Waals surface area contributed by atoms with Crippen LogP contribution in [0.3, 0.4) is 0 Å². The van der Waals surface area contributed by atoms with Crippen molar-refractivity contribution in [2.45, 2.75) is 0 Å². The predicted molar refractivity (Wildman–Crippen MR) is 154 cm³/mol. The number of ketones is 1. The van der Waals surface area contributed by atoms with Crippen molar-refractivity contribution in [3.8, 4) is 0 Å². The van der Waals surface area contributed by atoms with Crippen LogP contribution in [0.5, 0.6) is 0 Å². The maximum atomic E-state index is 13.2. The number of rotatable bonds is 11. The van der Waals surface area contributed by atoms with Crippen LogP contribution < -0.4 is 5.32 Å². The Morgan fingerprint density at radius 1 is 0.738 bits per heavy atom. The molecule has 0 atom stereocenters. The molecular weight excluding hydrogens is 548 g/mol. The highest BCUT2D eigenvalue weighted by Gasteiger charge is 2.21. The van der Waals surface area contributed by atoms with E-state index in [9.17, 15) is 39.3 Å². The summed E-state index contributed by atoms with van der Waals surface area (Å²) in [6.45, 7) is 5.07. The molecule has 1 aromatic heterocycles. The summed E-state index contributed by atoms with van der Waals surface area (Å²) < 4.78 is 0. The van der Waals surface area contributed by atoms with Crippen molar-refractivity contribution in [1.82, 2.24) is 24.6 Å². The minimum atomic E-state index is -1.03. The number of aromatic nitrogens is 1. The van der Waals surface area contributed by atoms with Crippen molar-refractivity contribution < 1.29 is 39.3 Å². The molecule has 226 valence electrons. The van der Waals surface area contributed by atoms with E-state index in [-0.39, 0.29) is 64.0 Å². The fourth-order valence-corrected chi connectivity index (χ4v) is 4.78. The van der Waals surface area contributed by atoms with Gasteiger partial charge in [0.05, 0.1) is 37.4 Å². The number of benzene rings is 1. The van der Waals surface area contributed by atoms with Crippen LogP contribution in [0.15, 0.2) is 43.1 Å². The molecule has 1 aliphatic heterocycles. The Labute approximate surface area is 242 Å². The molecule has 4 N–H and O–H groups in total. The van der Waals surface area contributed by atoms with Gasteiger partial charge in [0.25, 0.3) is 0 Å². The lowest BCUT2D eigenvalue weighted by Crippen LogP contribution is -2.49. The number of fused-ring (bicyclic) bond motifs is 1. The monoisotopic (exact) mass is 584 g/mol. The molecule has 2 aromatic rings. The van der Waals surface area contributed by atoms with Gasteiger partial charge in [-0.15, -0.1) is 0 Å². The quantitative estimate of drug-likeness (QED) is 0.205. The Balaban J connectivity index is 1.78. The van der Waals surface area contributed by atoms with E-state index in [4.69, 9.17) is 0 Å². The van der Waals surface area contributed by atoms with Gasteiger partial charge in [0, 0.05) is 69.5 Å². The van der Waals surface area contributed by atoms with Gasteiger partial charge in [-0.1, -0.05) is 18.7 Å². The first-order valence-corrected chi connectivity index (χ1v) is 13.4. The number of anilines is 1. The fraction of sp³-hybridized carbons (Fsp3) is 0.429. The fourth-order valence-electron chi connectivity index (χ4n) is 4.78. The van der Waals surface area contributed by atoms with Crippen LogP contribution in [-0.4, -0.2) is 148 Å². The van der Waals surface area contributed by atoms with Gasteiger partial charge in [-0.05, 0) is 18.2 Å². The zero-order chi connectivity index (χ0) is 30.6. The van der Waals surface area contributed by atoms with Gasteiger partial charge in [-0.2, -0.15) is 0 Å². The summed E-state index contributed by atoms with van der Waals surface area (Å²) >= 11 is 0. The van der Waals surface area contributed by atoms with Gasteiger partial charge in [0.15, 0.2) is 5.78 Å². The Bertz CT molecular complexity index is 1290. The summed E-state index contributed by atoms with van der Waals surface area (Å²) in [7, 11) is 0. The number of aliphatic carboxylic acids is 3.